The standard InChI is InChI=1S/C15H17N3O3S/c1-9-7-13-11(8-12(9)18(20)21)16-15(22-13)17-14(19)10-5-3-2-4-6-10/h7-8,10H,2-6H2,1H3,(H,16,17,19). The minimum Gasteiger partial charge on any atom is -0.302 e. The summed E-state index contributed by atoms with van der Waals surface area (Å²) in [7, 11) is 0. The lowest BCUT2D eigenvalue weighted by molar-refractivity contribution is -0.385. The number of carbonyl (C=O) groups is 1. The molecular formula is C15H17N3O3S. The van der Waals surface area contributed by atoms with Crippen molar-refractivity contribution < 1.29 is 9.72 Å². The van der Waals surface area contributed by atoms with Gasteiger partial charge in [0.25, 0.3) is 5.69 Å². The van der Waals surface area contributed by atoms with E-state index in [0.29, 0.717) is 16.2 Å². The van der Waals surface area contributed by atoms with Crippen LogP contribution in [0.25, 0.3) is 10.2 Å². The summed E-state index contributed by atoms with van der Waals surface area (Å²) in [5, 5.41) is 14.4. The molecule has 0 atom stereocenters. The van der Waals surface area contributed by atoms with Gasteiger partial charge in [0, 0.05) is 17.5 Å². The average Bonchev–Trinajstić information content (AvgIpc) is 2.88. The largest absolute Gasteiger partial charge is 0.302 e. The number of aromatic nitrogens is 1. The van der Waals surface area contributed by atoms with Crippen molar-refractivity contribution in [2.45, 2.75) is 39.0 Å². The molecule has 1 amide bonds. The van der Waals surface area contributed by atoms with Crippen LogP contribution < -0.4 is 5.32 Å². The number of nitro groups is 1. The number of anilines is 1. The Hall–Kier alpha value is -2.02. The highest BCUT2D eigenvalue weighted by Gasteiger charge is 2.22. The molecule has 3 rings (SSSR count). The Bertz CT molecular complexity index is 735. The van der Waals surface area contributed by atoms with Gasteiger partial charge in [0.1, 0.15) is 0 Å². The van der Waals surface area contributed by atoms with Gasteiger partial charge in [0.2, 0.25) is 5.91 Å². The molecule has 6 nitrogen and oxygen atoms in total. The molecule has 0 spiro atoms. The zero-order chi connectivity index (χ0) is 15.7. The van der Waals surface area contributed by atoms with Crippen LogP contribution in [0.15, 0.2) is 12.1 Å². The first-order chi connectivity index (χ1) is 10.5. The molecule has 1 aliphatic carbocycles. The molecule has 1 saturated carbocycles. The average molecular weight is 319 g/mol. The van der Waals surface area contributed by atoms with Crippen molar-refractivity contribution in [3.05, 3.63) is 27.8 Å². The number of hydrogen-bond acceptors (Lipinski definition) is 5. The van der Waals surface area contributed by atoms with Gasteiger partial charge < -0.3 is 5.32 Å². The molecule has 1 aromatic heterocycles. The Labute approximate surface area is 131 Å². The molecule has 2 aromatic rings. The van der Waals surface area contributed by atoms with Gasteiger partial charge in [-0.2, -0.15) is 0 Å². The van der Waals surface area contributed by atoms with Crippen LogP contribution in [0.2, 0.25) is 0 Å². The van der Waals surface area contributed by atoms with Gasteiger partial charge >= 0.3 is 0 Å². The summed E-state index contributed by atoms with van der Waals surface area (Å²) in [5.41, 5.74) is 1.22. The Morgan fingerprint density at radius 3 is 2.77 bits per heavy atom. The van der Waals surface area contributed by atoms with E-state index in [4.69, 9.17) is 0 Å². The third-order valence-corrected chi connectivity index (χ3v) is 5.04. The first kappa shape index (κ1) is 14.9. The second-order valence-corrected chi connectivity index (χ2v) is 6.74. The quantitative estimate of drug-likeness (QED) is 0.683. The molecule has 1 fully saturated rings. The van der Waals surface area contributed by atoms with Crippen molar-refractivity contribution in [1.82, 2.24) is 4.98 Å². The van der Waals surface area contributed by atoms with E-state index in [1.54, 1.807) is 13.0 Å². The first-order valence-electron chi connectivity index (χ1n) is 7.41. The van der Waals surface area contributed by atoms with Gasteiger partial charge in [0.15, 0.2) is 5.13 Å². The molecule has 1 aliphatic rings. The summed E-state index contributed by atoms with van der Waals surface area (Å²) in [6, 6.07) is 3.22. The van der Waals surface area contributed by atoms with Crippen molar-refractivity contribution in [2.75, 3.05) is 5.32 Å². The number of aryl methyl sites for hydroxylation is 1. The van der Waals surface area contributed by atoms with Crippen LogP contribution in [0.3, 0.4) is 0 Å². The van der Waals surface area contributed by atoms with E-state index < -0.39 is 4.92 Å². The topological polar surface area (TPSA) is 85.1 Å². The molecule has 0 unspecified atom stereocenters. The monoisotopic (exact) mass is 319 g/mol. The van der Waals surface area contributed by atoms with Gasteiger partial charge in [-0.3, -0.25) is 14.9 Å². The van der Waals surface area contributed by atoms with Crippen molar-refractivity contribution in [3.8, 4) is 0 Å². The molecule has 22 heavy (non-hydrogen) atoms. The Balaban J connectivity index is 1.82. The molecular weight excluding hydrogens is 302 g/mol. The van der Waals surface area contributed by atoms with Crippen LogP contribution in [0.5, 0.6) is 0 Å². The maximum Gasteiger partial charge on any atom is 0.274 e. The number of rotatable bonds is 3. The molecule has 0 radical (unpaired) electrons. The zero-order valence-electron chi connectivity index (χ0n) is 12.3. The third-order valence-electron chi connectivity index (χ3n) is 4.11. The molecule has 1 aromatic carbocycles. The van der Waals surface area contributed by atoms with Crippen LogP contribution in [0.4, 0.5) is 10.8 Å². The molecule has 116 valence electrons. The van der Waals surface area contributed by atoms with Gasteiger partial charge in [-0.15, -0.1) is 0 Å². The highest BCUT2D eigenvalue weighted by molar-refractivity contribution is 7.22. The van der Waals surface area contributed by atoms with Crippen LogP contribution >= 0.6 is 11.3 Å². The van der Waals surface area contributed by atoms with Crippen LogP contribution in [-0.2, 0) is 4.79 Å². The Kier molecular flexibility index (Phi) is 4.06. The van der Waals surface area contributed by atoms with Crippen LogP contribution in [0.1, 0.15) is 37.7 Å². The van der Waals surface area contributed by atoms with E-state index in [1.165, 1.54) is 23.8 Å². The molecule has 1 heterocycles. The summed E-state index contributed by atoms with van der Waals surface area (Å²) < 4.78 is 0.849. The van der Waals surface area contributed by atoms with E-state index in [1.807, 2.05) is 0 Å². The van der Waals surface area contributed by atoms with Crippen molar-refractivity contribution in [3.63, 3.8) is 0 Å². The predicted molar refractivity (Wildman–Crippen MR) is 86.2 cm³/mol. The van der Waals surface area contributed by atoms with Crippen molar-refractivity contribution >= 4 is 38.3 Å². The Morgan fingerprint density at radius 1 is 1.36 bits per heavy atom. The van der Waals surface area contributed by atoms with Crippen molar-refractivity contribution in [2.24, 2.45) is 5.92 Å². The maximum atomic E-state index is 12.2. The molecule has 0 saturated heterocycles. The molecule has 0 aliphatic heterocycles. The summed E-state index contributed by atoms with van der Waals surface area (Å²) in [4.78, 5) is 27.1. The summed E-state index contributed by atoms with van der Waals surface area (Å²) in [6.45, 7) is 1.71. The van der Waals surface area contributed by atoms with E-state index in [-0.39, 0.29) is 17.5 Å². The number of nitrogens with one attached hydrogen (secondary N) is 1. The van der Waals surface area contributed by atoms with Gasteiger partial charge in [-0.1, -0.05) is 30.6 Å². The number of carbonyl (C=O) groups excluding carboxylic acids is 1. The predicted octanol–water partition coefficient (Wildman–Crippen LogP) is 4.03. The highest BCUT2D eigenvalue weighted by atomic mass is 32.1. The number of fused-ring (bicyclic) bond motifs is 1. The fourth-order valence-electron chi connectivity index (χ4n) is 2.89. The number of hydrogen-bond donors (Lipinski definition) is 1. The third kappa shape index (κ3) is 2.94. The second-order valence-electron chi connectivity index (χ2n) is 5.71. The lowest BCUT2D eigenvalue weighted by atomic mass is 9.89. The fraction of sp³-hybridized carbons (Fsp3) is 0.467. The summed E-state index contributed by atoms with van der Waals surface area (Å²) in [5.74, 6) is 0.0850. The van der Waals surface area contributed by atoms with Gasteiger partial charge in [-0.05, 0) is 25.8 Å². The smallest absolute Gasteiger partial charge is 0.274 e. The van der Waals surface area contributed by atoms with Crippen molar-refractivity contribution in [1.29, 1.82) is 0 Å². The van der Waals surface area contributed by atoms with E-state index in [9.17, 15) is 14.9 Å². The van der Waals surface area contributed by atoms with Gasteiger partial charge in [0.05, 0.1) is 15.1 Å². The number of thiazole rings is 1. The summed E-state index contributed by atoms with van der Waals surface area (Å²) >= 11 is 1.36. The van der Waals surface area contributed by atoms with Crippen LogP contribution in [-0.4, -0.2) is 15.8 Å². The van der Waals surface area contributed by atoms with Crippen LogP contribution in [0, 0.1) is 23.0 Å². The second kappa shape index (κ2) is 6.00. The van der Waals surface area contributed by atoms with E-state index in [2.05, 4.69) is 10.3 Å². The van der Waals surface area contributed by atoms with E-state index in [0.717, 1.165) is 30.4 Å². The minimum atomic E-state index is -0.408. The first-order valence-corrected chi connectivity index (χ1v) is 8.22. The summed E-state index contributed by atoms with van der Waals surface area (Å²) in [6.07, 6.45) is 5.27. The fourth-order valence-corrected chi connectivity index (χ4v) is 3.84. The Morgan fingerprint density at radius 2 is 2.09 bits per heavy atom. The molecule has 1 N–H and O–H groups in total. The molecule has 7 heteroatoms. The molecule has 0 bridgehead atoms. The number of benzene rings is 1. The number of amides is 1. The number of nitro benzene ring substituents is 1. The normalized spacial score (nSPS) is 15.9. The minimum absolute atomic E-state index is 0.0185. The SMILES string of the molecule is Cc1cc2sc(NC(=O)C3CCCCC3)nc2cc1[N+](=O)[O-]. The zero-order valence-corrected chi connectivity index (χ0v) is 13.1. The van der Waals surface area contributed by atoms with E-state index >= 15 is 0 Å². The lowest BCUT2D eigenvalue weighted by Crippen LogP contribution is -2.24. The maximum absolute atomic E-state index is 12.2. The highest BCUT2D eigenvalue weighted by Crippen LogP contribution is 2.32. The lowest BCUT2D eigenvalue weighted by Gasteiger charge is -2.19. The van der Waals surface area contributed by atoms with Gasteiger partial charge in [-0.25, -0.2) is 4.98 Å². The number of nitrogens with zero attached hydrogens (tertiary/aromatic N) is 2.